The van der Waals surface area contributed by atoms with Gasteiger partial charge in [-0.05, 0) is 35.9 Å². The molecule has 5 nitrogen and oxygen atoms in total. The zero-order valence-corrected chi connectivity index (χ0v) is 21.0. The van der Waals surface area contributed by atoms with Gasteiger partial charge in [-0.15, -0.1) is 6.58 Å². The molecule has 2 heterocycles. The lowest BCUT2D eigenvalue weighted by Crippen LogP contribution is -2.27. The second-order valence-corrected chi connectivity index (χ2v) is 9.77. The molecule has 0 unspecified atom stereocenters. The van der Waals surface area contributed by atoms with Crippen LogP contribution >= 0.6 is 24.0 Å². The molecule has 1 amide bonds. The monoisotopic (exact) mass is 509 g/mol. The summed E-state index contributed by atoms with van der Waals surface area (Å²) < 4.78 is 8.40. The van der Waals surface area contributed by atoms with E-state index < -0.39 is 0 Å². The van der Waals surface area contributed by atoms with Gasteiger partial charge in [-0.2, -0.15) is 5.10 Å². The van der Waals surface area contributed by atoms with Crippen LogP contribution in [0, 0.1) is 0 Å². The van der Waals surface area contributed by atoms with E-state index in [0.29, 0.717) is 22.4 Å². The van der Waals surface area contributed by atoms with E-state index in [9.17, 15) is 4.79 Å². The van der Waals surface area contributed by atoms with Gasteiger partial charge in [0.05, 0.1) is 10.6 Å². The first-order chi connectivity index (χ1) is 17.6. The molecule has 1 aliphatic heterocycles. The Labute approximate surface area is 219 Å². The molecule has 3 aromatic carbocycles. The topological polar surface area (TPSA) is 47.4 Å². The van der Waals surface area contributed by atoms with Gasteiger partial charge in [0.1, 0.15) is 22.4 Å². The number of carbonyl (C=O) groups is 1. The average molecular weight is 510 g/mol. The summed E-state index contributed by atoms with van der Waals surface area (Å²) in [5.41, 5.74) is 4.48. The standard InChI is InChI=1S/C29H23N3O2S2/c1-2-16-31-28(33)26(36-29(31)35)18-23-19-32(24-13-7-4-8-14-24)30-27(23)22-12-9-15-25(17-22)34-20-21-10-5-3-6-11-21/h2-15,17-19H,1,16,20H2/b26-18-. The largest absolute Gasteiger partial charge is 0.489 e. The number of thioether (sulfide) groups is 1. The van der Waals surface area contributed by atoms with E-state index in [1.165, 1.54) is 11.8 Å². The predicted molar refractivity (Wildman–Crippen MR) is 150 cm³/mol. The lowest BCUT2D eigenvalue weighted by Gasteiger charge is -2.10. The van der Waals surface area contributed by atoms with Gasteiger partial charge in [0.25, 0.3) is 5.91 Å². The third kappa shape index (κ3) is 5.17. The van der Waals surface area contributed by atoms with Crippen molar-refractivity contribution in [2.75, 3.05) is 6.54 Å². The molecule has 36 heavy (non-hydrogen) atoms. The summed E-state index contributed by atoms with van der Waals surface area (Å²) in [6.45, 7) is 4.59. The van der Waals surface area contributed by atoms with Gasteiger partial charge in [-0.1, -0.05) is 90.7 Å². The number of carbonyl (C=O) groups excluding carboxylic acids is 1. The molecule has 1 fully saturated rings. The zero-order valence-electron chi connectivity index (χ0n) is 19.4. The van der Waals surface area contributed by atoms with E-state index in [1.54, 1.807) is 11.0 Å². The molecule has 0 N–H and O–H groups in total. The zero-order chi connectivity index (χ0) is 24.9. The summed E-state index contributed by atoms with van der Waals surface area (Å²) in [6, 6.07) is 27.8. The first-order valence-corrected chi connectivity index (χ1v) is 12.6. The van der Waals surface area contributed by atoms with Crippen LogP contribution in [0.5, 0.6) is 5.75 Å². The molecular weight excluding hydrogens is 486 g/mol. The Kier molecular flexibility index (Phi) is 7.11. The highest BCUT2D eigenvalue weighted by Crippen LogP contribution is 2.35. The number of thiocarbonyl (C=S) groups is 1. The number of benzene rings is 3. The second kappa shape index (κ2) is 10.8. The smallest absolute Gasteiger partial charge is 0.266 e. The van der Waals surface area contributed by atoms with Gasteiger partial charge in [-0.25, -0.2) is 4.68 Å². The highest BCUT2D eigenvalue weighted by atomic mass is 32.2. The van der Waals surface area contributed by atoms with Crippen molar-refractivity contribution >= 4 is 40.3 Å². The van der Waals surface area contributed by atoms with E-state index in [4.69, 9.17) is 22.1 Å². The highest BCUT2D eigenvalue weighted by Gasteiger charge is 2.31. The molecule has 178 valence electrons. The fraction of sp³-hybridized carbons (Fsp3) is 0.0690. The normalized spacial score (nSPS) is 14.4. The van der Waals surface area contributed by atoms with E-state index >= 15 is 0 Å². The Morgan fingerprint density at radius 3 is 2.50 bits per heavy atom. The van der Waals surface area contributed by atoms with Crippen molar-refractivity contribution in [3.05, 3.63) is 120 Å². The third-order valence-electron chi connectivity index (χ3n) is 5.59. The summed E-state index contributed by atoms with van der Waals surface area (Å²) >= 11 is 6.71. The minimum absolute atomic E-state index is 0.122. The quantitative estimate of drug-likeness (QED) is 0.154. The van der Waals surface area contributed by atoms with Crippen molar-refractivity contribution in [1.82, 2.24) is 14.7 Å². The number of hydrogen-bond donors (Lipinski definition) is 0. The van der Waals surface area contributed by atoms with Crippen molar-refractivity contribution < 1.29 is 9.53 Å². The molecule has 0 saturated carbocycles. The Morgan fingerprint density at radius 2 is 1.75 bits per heavy atom. The lowest BCUT2D eigenvalue weighted by atomic mass is 10.1. The summed E-state index contributed by atoms with van der Waals surface area (Å²) in [5.74, 6) is 0.622. The summed E-state index contributed by atoms with van der Waals surface area (Å²) in [5, 5.41) is 4.88. The van der Waals surface area contributed by atoms with Crippen LogP contribution in [0.1, 0.15) is 11.1 Å². The van der Waals surface area contributed by atoms with Gasteiger partial charge >= 0.3 is 0 Å². The van der Waals surface area contributed by atoms with Crippen LogP contribution in [0.4, 0.5) is 0 Å². The minimum atomic E-state index is -0.122. The molecule has 1 saturated heterocycles. The van der Waals surface area contributed by atoms with Crippen LogP contribution in [0.2, 0.25) is 0 Å². The van der Waals surface area contributed by atoms with Crippen molar-refractivity contribution in [2.45, 2.75) is 6.61 Å². The lowest BCUT2D eigenvalue weighted by molar-refractivity contribution is -0.121. The fourth-order valence-corrected chi connectivity index (χ4v) is 5.10. The van der Waals surface area contributed by atoms with E-state index in [1.807, 2.05) is 102 Å². The van der Waals surface area contributed by atoms with Crippen molar-refractivity contribution in [1.29, 1.82) is 0 Å². The number of aromatic nitrogens is 2. The Hall–Kier alpha value is -3.94. The van der Waals surface area contributed by atoms with Crippen LogP contribution < -0.4 is 4.74 Å². The molecule has 1 aliphatic rings. The van der Waals surface area contributed by atoms with Crippen LogP contribution in [0.25, 0.3) is 23.0 Å². The first-order valence-electron chi connectivity index (χ1n) is 11.4. The van der Waals surface area contributed by atoms with Gasteiger partial charge in [0, 0.05) is 23.9 Å². The molecule has 0 spiro atoms. The SMILES string of the molecule is C=CCN1C(=O)/C(=C/c2cn(-c3ccccc3)nc2-c2cccc(OCc3ccccc3)c2)SC1=S. The number of ether oxygens (including phenoxy) is 1. The minimum Gasteiger partial charge on any atom is -0.489 e. The summed E-state index contributed by atoms with van der Waals surface area (Å²) in [6.07, 6.45) is 5.47. The van der Waals surface area contributed by atoms with Crippen LogP contribution in [-0.4, -0.2) is 31.5 Å². The first kappa shape index (κ1) is 23.8. The highest BCUT2D eigenvalue weighted by molar-refractivity contribution is 8.26. The van der Waals surface area contributed by atoms with Gasteiger partial charge in [0.2, 0.25) is 0 Å². The molecule has 0 radical (unpaired) electrons. The molecule has 7 heteroatoms. The van der Waals surface area contributed by atoms with Crippen molar-refractivity contribution in [3.8, 4) is 22.7 Å². The Balaban J connectivity index is 1.51. The number of para-hydroxylation sites is 1. The van der Waals surface area contributed by atoms with E-state index in [0.717, 1.165) is 33.8 Å². The number of amides is 1. The number of nitrogens with zero attached hydrogens (tertiary/aromatic N) is 3. The van der Waals surface area contributed by atoms with Gasteiger partial charge < -0.3 is 4.74 Å². The molecular formula is C29H23N3O2S2. The van der Waals surface area contributed by atoms with Crippen molar-refractivity contribution in [3.63, 3.8) is 0 Å². The number of rotatable bonds is 8. The maximum Gasteiger partial charge on any atom is 0.266 e. The molecule has 5 rings (SSSR count). The molecule has 0 aliphatic carbocycles. The molecule has 0 atom stereocenters. The maximum atomic E-state index is 13.0. The molecule has 4 aromatic rings. The van der Waals surface area contributed by atoms with Crippen LogP contribution in [0.15, 0.2) is 109 Å². The van der Waals surface area contributed by atoms with E-state index in [-0.39, 0.29) is 5.91 Å². The molecule has 0 bridgehead atoms. The van der Waals surface area contributed by atoms with Crippen LogP contribution in [-0.2, 0) is 11.4 Å². The number of hydrogen-bond acceptors (Lipinski definition) is 5. The predicted octanol–water partition coefficient (Wildman–Crippen LogP) is 6.51. The third-order valence-corrected chi connectivity index (χ3v) is 6.97. The molecule has 1 aromatic heterocycles. The van der Waals surface area contributed by atoms with E-state index in [2.05, 4.69) is 6.58 Å². The Morgan fingerprint density at radius 1 is 1.00 bits per heavy atom. The second-order valence-electron chi connectivity index (χ2n) is 8.10. The Bertz CT molecular complexity index is 1450. The maximum absolute atomic E-state index is 13.0. The van der Waals surface area contributed by atoms with Gasteiger partial charge in [-0.3, -0.25) is 9.69 Å². The van der Waals surface area contributed by atoms with Crippen molar-refractivity contribution in [2.24, 2.45) is 0 Å². The summed E-state index contributed by atoms with van der Waals surface area (Å²) in [7, 11) is 0. The van der Waals surface area contributed by atoms with Crippen LogP contribution in [0.3, 0.4) is 0 Å². The fourth-order valence-electron chi connectivity index (χ4n) is 3.83. The summed E-state index contributed by atoms with van der Waals surface area (Å²) in [4.78, 5) is 15.1. The average Bonchev–Trinajstić information content (AvgIpc) is 3.45. The van der Waals surface area contributed by atoms with Gasteiger partial charge in [0.15, 0.2) is 0 Å².